The van der Waals surface area contributed by atoms with Gasteiger partial charge in [-0.05, 0) is 55.7 Å². The predicted octanol–water partition coefficient (Wildman–Crippen LogP) is 3.74. The summed E-state index contributed by atoms with van der Waals surface area (Å²) < 4.78 is 0. The van der Waals surface area contributed by atoms with Crippen molar-refractivity contribution in [3.63, 3.8) is 0 Å². The summed E-state index contributed by atoms with van der Waals surface area (Å²) in [6.45, 7) is 4.58. The average molecular weight is 272 g/mol. The van der Waals surface area contributed by atoms with Crippen molar-refractivity contribution in [3.8, 4) is 0 Å². The van der Waals surface area contributed by atoms with Crippen LogP contribution in [0.5, 0.6) is 0 Å². The van der Waals surface area contributed by atoms with Crippen LogP contribution in [0, 0.1) is 5.92 Å². The maximum atomic E-state index is 3.75. The molecule has 3 rings (SSSR count). The van der Waals surface area contributed by atoms with Crippen LogP contribution in [-0.4, -0.2) is 19.6 Å². The first-order valence-electron chi connectivity index (χ1n) is 8.30. The highest BCUT2D eigenvalue weighted by atomic mass is 15.1. The highest BCUT2D eigenvalue weighted by Gasteiger charge is 2.21. The molecule has 2 aliphatic rings. The van der Waals surface area contributed by atoms with E-state index in [1.807, 2.05) is 0 Å². The zero-order valence-electron chi connectivity index (χ0n) is 13.0. The normalized spacial score (nSPS) is 21.0. The van der Waals surface area contributed by atoms with Gasteiger partial charge < -0.3 is 10.2 Å². The molecule has 0 aromatic heterocycles. The molecule has 110 valence electrons. The van der Waals surface area contributed by atoms with Crippen molar-refractivity contribution < 1.29 is 0 Å². The minimum atomic E-state index is 0.663. The lowest BCUT2D eigenvalue weighted by Crippen LogP contribution is -2.32. The molecular weight excluding hydrogens is 244 g/mol. The number of nitrogens with one attached hydrogen (secondary N) is 1. The molecule has 2 heteroatoms. The molecule has 1 fully saturated rings. The first kappa shape index (κ1) is 13.9. The highest BCUT2D eigenvalue weighted by Crippen LogP contribution is 2.29. The third-order valence-corrected chi connectivity index (χ3v) is 5.23. The Kier molecular flexibility index (Phi) is 4.30. The van der Waals surface area contributed by atoms with E-state index in [4.69, 9.17) is 0 Å². The van der Waals surface area contributed by atoms with E-state index >= 15 is 0 Å². The molecule has 1 aliphatic carbocycles. The van der Waals surface area contributed by atoms with Crippen LogP contribution in [-0.2, 0) is 13.0 Å². The predicted molar refractivity (Wildman–Crippen MR) is 86.3 cm³/mol. The molecule has 0 bridgehead atoms. The topological polar surface area (TPSA) is 15.3 Å². The molecule has 1 atom stereocenters. The standard InChI is InChI=1S/C18H28N2/c1-14(16-6-3-4-7-16)19-13-15-9-10-18-17(12-15)8-5-11-20(18)2/h9-10,12,14,16,19H,3-8,11,13H2,1-2H3. The van der Waals surface area contributed by atoms with Gasteiger partial charge in [-0.25, -0.2) is 0 Å². The summed E-state index contributed by atoms with van der Waals surface area (Å²) in [5.74, 6) is 0.902. The smallest absolute Gasteiger partial charge is 0.0396 e. The van der Waals surface area contributed by atoms with Gasteiger partial charge in [-0.1, -0.05) is 25.0 Å². The second kappa shape index (κ2) is 6.17. The summed E-state index contributed by atoms with van der Waals surface area (Å²) in [6, 6.07) is 7.69. The minimum Gasteiger partial charge on any atom is -0.374 e. The summed E-state index contributed by atoms with van der Waals surface area (Å²) in [5, 5.41) is 3.75. The Morgan fingerprint density at radius 3 is 2.85 bits per heavy atom. The molecule has 0 amide bonds. The lowest BCUT2D eigenvalue weighted by atomic mass is 9.98. The fourth-order valence-corrected chi connectivity index (χ4v) is 3.85. The van der Waals surface area contributed by atoms with Crippen molar-refractivity contribution in [3.05, 3.63) is 29.3 Å². The molecule has 2 nitrogen and oxygen atoms in total. The first-order chi connectivity index (χ1) is 9.74. The fourth-order valence-electron chi connectivity index (χ4n) is 3.85. The molecular formula is C18H28N2. The summed E-state index contributed by atoms with van der Waals surface area (Å²) in [5.41, 5.74) is 4.42. The van der Waals surface area contributed by atoms with E-state index in [0.717, 1.165) is 12.5 Å². The molecule has 1 unspecified atom stereocenters. The van der Waals surface area contributed by atoms with E-state index in [0.29, 0.717) is 6.04 Å². The van der Waals surface area contributed by atoms with Crippen molar-refractivity contribution >= 4 is 5.69 Å². The second-order valence-corrected chi connectivity index (χ2v) is 6.70. The minimum absolute atomic E-state index is 0.663. The molecule has 20 heavy (non-hydrogen) atoms. The van der Waals surface area contributed by atoms with Crippen LogP contribution in [0.1, 0.15) is 50.2 Å². The number of benzene rings is 1. The number of hydrogen-bond acceptors (Lipinski definition) is 2. The number of hydrogen-bond donors (Lipinski definition) is 1. The Morgan fingerprint density at radius 1 is 1.25 bits per heavy atom. The van der Waals surface area contributed by atoms with Crippen LogP contribution in [0.3, 0.4) is 0 Å². The van der Waals surface area contributed by atoms with Crippen LogP contribution >= 0.6 is 0 Å². The van der Waals surface area contributed by atoms with Crippen molar-refractivity contribution in [2.75, 3.05) is 18.5 Å². The number of aryl methyl sites for hydroxylation is 1. The Labute approximate surface area is 123 Å². The van der Waals surface area contributed by atoms with Gasteiger partial charge in [0.05, 0.1) is 0 Å². The third-order valence-electron chi connectivity index (χ3n) is 5.23. The number of nitrogens with zero attached hydrogens (tertiary/aromatic N) is 1. The van der Waals surface area contributed by atoms with Gasteiger partial charge >= 0.3 is 0 Å². The summed E-state index contributed by atoms with van der Waals surface area (Å²) in [6.07, 6.45) is 8.24. The van der Waals surface area contributed by atoms with E-state index in [1.54, 1.807) is 0 Å². The Hall–Kier alpha value is -1.02. The molecule has 0 saturated heterocycles. The number of rotatable bonds is 4. The van der Waals surface area contributed by atoms with Gasteiger partial charge in [0.1, 0.15) is 0 Å². The maximum absolute atomic E-state index is 3.75. The summed E-state index contributed by atoms with van der Waals surface area (Å²) in [4.78, 5) is 2.39. The summed E-state index contributed by atoms with van der Waals surface area (Å²) >= 11 is 0. The maximum Gasteiger partial charge on any atom is 0.0396 e. The first-order valence-corrected chi connectivity index (χ1v) is 8.30. The van der Waals surface area contributed by atoms with Gasteiger partial charge in [0.15, 0.2) is 0 Å². The Morgan fingerprint density at radius 2 is 2.05 bits per heavy atom. The van der Waals surface area contributed by atoms with Crippen molar-refractivity contribution in [1.29, 1.82) is 0 Å². The molecule has 1 heterocycles. The van der Waals surface area contributed by atoms with E-state index in [9.17, 15) is 0 Å². The molecule has 0 radical (unpaired) electrons. The van der Waals surface area contributed by atoms with Gasteiger partial charge in [-0.3, -0.25) is 0 Å². The zero-order chi connectivity index (χ0) is 13.9. The van der Waals surface area contributed by atoms with E-state index < -0.39 is 0 Å². The number of anilines is 1. The molecule has 1 aromatic rings. The van der Waals surface area contributed by atoms with Gasteiger partial charge in [-0.15, -0.1) is 0 Å². The molecule has 1 aromatic carbocycles. The number of fused-ring (bicyclic) bond motifs is 1. The Balaban J connectivity index is 1.60. The lowest BCUT2D eigenvalue weighted by molar-refractivity contribution is 0.380. The van der Waals surface area contributed by atoms with Crippen molar-refractivity contribution in [1.82, 2.24) is 5.32 Å². The van der Waals surface area contributed by atoms with Crippen molar-refractivity contribution in [2.24, 2.45) is 5.92 Å². The SMILES string of the molecule is CC(NCc1ccc2c(c1)CCCN2C)C1CCCC1. The van der Waals surface area contributed by atoms with Crippen LogP contribution < -0.4 is 10.2 Å². The summed E-state index contributed by atoms with van der Waals surface area (Å²) in [7, 11) is 2.21. The van der Waals surface area contributed by atoms with Gasteiger partial charge in [0, 0.05) is 31.9 Å². The second-order valence-electron chi connectivity index (χ2n) is 6.70. The van der Waals surface area contributed by atoms with Gasteiger partial charge in [-0.2, -0.15) is 0 Å². The quantitative estimate of drug-likeness (QED) is 0.898. The van der Waals surface area contributed by atoms with E-state index in [1.165, 1.54) is 61.9 Å². The van der Waals surface area contributed by atoms with Gasteiger partial charge in [0.2, 0.25) is 0 Å². The van der Waals surface area contributed by atoms with Crippen LogP contribution in [0.15, 0.2) is 18.2 Å². The lowest BCUT2D eigenvalue weighted by Gasteiger charge is -2.28. The van der Waals surface area contributed by atoms with Gasteiger partial charge in [0.25, 0.3) is 0 Å². The van der Waals surface area contributed by atoms with E-state index in [-0.39, 0.29) is 0 Å². The van der Waals surface area contributed by atoms with Crippen LogP contribution in [0.4, 0.5) is 5.69 Å². The molecule has 1 aliphatic heterocycles. The molecule has 1 saturated carbocycles. The molecule has 0 spiro atoms. The van der Waals surface area contributed by atoms with Crippen LogP contribution in [0.25, 0.3) is 0 Å². The fraction of sp³-hybridized carbons (Fsp3) is 0.667. The van der Waals surface area contributed by atoms with Crippen LogP contribution in [0.2, 0.25) is 0 Å². The average Bonchev–Trinajstić information content (AvgIpc) is 2.99. The highest BCUT2D eigenvalue weighted by molar-refractivity contribution is 5.56. The third kappa shape index (κ3) is 3.01. The van der Waals surface area contributed by atoms with E-state index in [2.05, 4.69) is 42.4 Å². The molecule has 1 N–H and O–H groups in total. The Bertz CT molecular complexity index is 449. The monoisotopic (exact) mass is 272 g/mol. The zero-order valence-corrected chi connectivity index (χ0v) is 13.0. The largest absolute Gasteiger partial charge is 0.374 e. The van der Waals surface area contributed by atoms with Crippen molar-refractivity contribution in [2.45, 2.75) is 58.0 Å².